The molecule has 1 aromatic rings. The maximum atomic E-state index is 12.1. The molecule has 3 rings (SSSR count). The highest BCUT2D eigenvalue weighted by Crippen LogP contribution is 2.34. The summed E-state index contributed by atoms with van der Waals surface area (Å²) in [6, 6.07) is 6.85. The van der Waals surface area contributed by atoms with Gasteiger partial charge in [0.25, 0.3) is 0 Å². The summed E-state index contributed by atoms with van der Waals surface area (Å²) < 4.78 is 16.8. The topological polar surface area (TPSA) is 70.8 Å². The van der Waals surface area contributed by atoms with Gasteiger partial charge in [-0.05, 0) is 18.2 Å². The van der Waals surface area contributed by atoms with E-state index in [4.69, 9.17) is 19.9 Å². The summed E-state index contributed by atoms with van der Waals surface area (Å²) >= 11 is 0. The molecule has 1 spiro atoms. The average Bonchev–Trinajstić information content (AvgIpc) is 2.87. The van der Waals surface area contributed by atoms with Crippen molar-refractivity contribution < 1.29 is 19.0 Å². The first-order valence-corrected chi connectivity index (χ1v) is 6.95. The van der Waals surface area contributed by atoms with Crippen LogP contribution in [0.15, 0.2) is 24.3 Å². The van der Waals surface area contributed by atoms with Gasteiger partial charge in [-0.2, -0.15) is 0 Å². The van der Waals surface area contributed by atoms with Gasteiger partial charge >= 0.3 is 5.97 Å². The standard InChI is InChI=1S/C15H19NO4/c16-12-3-1-2-11(8-12)14(17)20-13-4-6-19-15(9-13)5-7-18-10-15/h1-3,8,13H,4-7,9-10,16H2. The molecule has 2 N–H and O–H groups in total. The van der Waals surface area contributed by atoms with Crippen LogP contribution in [-0.4, -0.2) is 37.5 Å². The van der Waals surface area contributed by atoms with E-state index in [-0.39, 0.29) is 17.7 Å². The van der Waals surface area contributed by atoms with Crippen molar-refractivity contribution in [2.45, 2.75) is 31.0 Å². The zero-order valence-corrected chi connectivity index (χ0v) is 11.3. The number of anilines is 1. The monoisotopic (exact) mass is 277 g/mol. The predicted molar refractivity (Wildman–Crippen MR) is 73.4 cm³/mol. The zero-order valence-electron chi connectivity index (χ0n) is 11.3. The smallest absolute Gasteiger partial charge is 0.338 e. The average molecular weight is 277 g/mol. The van der Waals surface area contributed by atoms with Crippen molar-refractivity contribution in [2.24, 2.45) is 0 Å². The van der Waals surface area contributed by atoms with Crippen molar-refractivity contribution in [1.29, 1.82) is 0 Å². The van der Waals surface area contributed by atoms with Crippen molar-refractivity contribution >= 4 is 11.7 Å². The molecule has 0 aromatic heterocycles. The van der Waals surface area contributed by atoms with Crippen LogP contribution in [0.5, 0.6) is 0 Å². The summed E-state index contributed by atoms with van der Waals surface area (Å²) in [5.74, 6) is -0.321. The van der Waals surface area contributed by atoms with Gasteiger partial charge in [0.05, 0.1) is 24.4 Å². The van der Waals surface area contributed by atoms with Crippen LogP contribution in [0.1, 0.15) is 29.6 Å². The van der Waals surface area contributed by atoms with Gasteiger partial charge in [-0.1, -0.05) is 6.07 Å². The van der Waals surface area contributed by atoms with Crippen molar-refractivity contribution in [3.05, 3.63) is 29.8 Å². The van der Waals surface area contributed by atoms with E-state index in [0.717, 1.165) is 19.4 Å². The highest BCUT2D eigenvalue weighted by molar-refractivity contribution is 5.90. The fourth-order valence-electron chi connectivity index (χ4n) is 2.83. The molecular formula is C15H19NO4. The third kappa shape index (κ3) is 2.78. The van der Waals surface area contributed by atoms with Crippen molar-refractivity contribution in [3.63, 3.8) is 0 Å². The van der Waals surface area contributed by atoms with E-state index in [9.17, 15) is 4.79 Å². The minimum absolute atomic E-state index is 0.112. The SMILES string of the molecule is Nc1cccc(C(=O)OC2CCOC3(CCOC3)C2)c1. The zero-order chi connectivity index (χ0) is 14.0. The second-order valence-corrected chi connectivity index (χ2v) is 5.48. The summed E-state index contributed by atoms with van der Waals surface area (Å²) in [4.78, 5) is 12.1. The highest BCUT2D eigenvalue weighted by Gasteiger charge is 2.42. The van der Waals surface area contributed by atoms with Crippen LogP contribution in [0, 0.1) is 0 Å². The number of esters is 1. The molecule has 5 nitrogen and oxygen atoms in total. The lowest BCUT2D eigenvalue weighted by atomic mass is 9.91. The number of nitrogens with two attached hydrogens (primary N) is 1. The minimum atomic E-state index is -0.321. The molecule has 108 valence electrons. The van der Waals surface area contributed by atoms with Gasteiger partial charge in [0, 0.05) is 31.6 Å². The number of benzene rings is 1. The van der Waals surface area contributed by atoms with Gasteiger partial charge in [0.2, 0.25) is 0 Å². The van der Waals surface area contributed by atoms with Gasteiger partial charge in [0.15, 0.2) is 0 Å². The molecule has 0 bridgehead atoms. The van der Waals surface area contributed by atoms with E-state index in [1.807, 2.05) is 0 Å². The largest absolute Gasteiger partial charge is 0.459 e. The van der Waals surface area contributed by atoms with Crippen molar-refractivity contribution in [3.8, 4) is 0 Å². The lowest BCUT2D eigenvalue weighted by Crippen LogP contribution is -2.43. The first-order chi connectivity index (χ1) is 9.67. The molecule has 2 aliphatic heterocycles. The number of hydrogen-bond donors (Lipinski definition) is 1. The van der Waals surface area contributed by atoms with Gasteiger partial charge < -0.3 is 19.9 Å². The van der Waals surface area contributed by atoms with Gasteiger partial charge in [-0.3, -0.25) is 0 Å². The number of carbonyl (C=O) groups is 1. The molecule has 2 saturated heterocycles. The Bertz CT molecular complexity index is 496. The van der Waals surface area contributed by atoms with Gasteiger partial charge in [-0.15, -0.1) is 0 Å². The molecule has 2 fully saturated rings. The summed E-state index contributed by atoms with van der Waals surface area (Å²) in [7, 11) is 0. The normalized spacial score (nSPS) is 29.5. The van der Waals surface area contributed by atoms with Gasteiger partial charge in [0.1, 0.15) is 6.10 Å². The Morgan fingerprint density at radius 1 is 1.40 bits per heavy atom. The summed E-state index contributed by atoms with van der Waals surface area (Å²) in [6.07, 6.45) is 2.20. The second kappa shape index (κ2) is 5.42. The fraction of sp³-hybridized carbons (Fsp3) is 0.533. The molecule has 1 aromatic carbocycles. The van der Waals surface area contributed by atoms with E-state index in [2.05, 4.69) is 0 Å². The Labute approximate surface area is 118 Å². The molecule has 5 heteroatoms. The number of nitrogen functional groups attached to an aromatic ring is 1. The van der Waals surface area contributed by atoms with Crippen LogP contribution in [0.3, 0.4) is 0 Å². The van der Waals surface area contributed by atoms with Crippen LogP contribution in [0.2, 0.25) is 0 Å². The third-order valence-electron chi connectivity index (χ3n) is 3.91. The molecule has 2 atom stereocenters. The number of ether oxygens (including phenoxy) is 3. The summed E-state index contributed by atoms with van der Waals surface area (Å²) in [6.45, 7) is 1.92. The third-order valence-corrected chi connectivity index (χ3v) is 3.91. The summed E-state index contributed by atoms with van der Waals surface area (Å²) in [5.41, 5.74) is 6.48. The molecule has 0 amide bonds. The number of carbonyl (C=O) groups excluding carboxylic acids is 1. The van der Waals surface area contributed by atoms with Crippen LogP contribution in [0.4, 0.5) is 5.69 Å². The molecule has 0 radical (unpaired) electrons. The lowest BCUT2D eigenvalue weighted by molar-refractivity contribution is -0.120. The fourth-order valence-corrected chi connectivity index (χ4v) is 2.83. The maximum Gasteiger partial charge on any atom is 0.338 e. The molecule has 0 saturated carbocycles. The maximum absolute atomic E-state index is 12.1. The van der Waals surface area contributed by atoms with Crippen molar-refractivity contribution in [1.82, 2.24) is 0 Å². The van der Waals surface area contributed by atoms with Crippen LogP contribution >= 0.6 is 0 Å². The van der Waals surface area contributed by atoms with E-state index >= 15 is 0 Å². The quantitative estimate of drug-likeness (QED) is 0.659. The van der Waals surface area contributed by atoms with Crippen molar-refractivity contribution in [2.75, 3.05) is 25.6 Å². The predicted octanol–water partition coefficient (Wildman–Crippen LogP) is 1.76. The Hall–Kier alpha value is -1.59. The summed E-state index contributed by atoms with van der Waals surface area (Å²) in [5, 5.41) is 0. The Kier molecular flexibility index (Phi) is 3.63. The number of rotatable bonds is 2. The second-order valence-electron chi connectivity index (χ2n) is 5.48. The molecule has 2 heterocycles. The van der Waals surface area contributed by atoms with Gasteiger partial charge in [-0.25, -0.2) is 4.79 Å². The molecule has 2 aliphatic rings. The van der Waals surface area contributed by atoms with Crippen LogP contribution in [-0.2, 0) is 14.2 Å². The molecule has 20 heavy (non-hydrogen) atoms. The first kappa shape index (κ1) is 13.4. The number of hydrogen-bond acceptors (Lipinski definition) is 5. The van der Waals surface area contributed by atoms with E-state index in [0.29, 0.717) is 30.9 Å². The van der Waals surface area contributed by atoms with E-state index in [1.165, 1.54) is 0 Å². The first-order valence-electron chi connectivity index (χ1n) is 6.95. The lowest BCUT2D eigenvalue weighted by Gasteiger charge is -2.36. The highest BCUT2D eigenvalue weighted by atomic mass is 16.6. The molecule has 2 unspecified atom stereocenters. The molecular weight excluding hydrogens is 258 g/mol. The van der Waals surface area contributed by atoms with Crippen LogP contribution in [0.25, 0.3) is 0 Å². The Morgan fingerprint density at radius 2 is 2.30 bits per heavy atom. The van der Waals surface area contributed by atoms with E-state index in [1.54, 1.807) is 24.3 Å². The Morgan fingerprint density at radius 3 is 3.05 bits per heavy atom. The minimum Gasteiger partial charge on any atom is -0.459 e. The Balaban J connectivity index is 1.64. The van der Waals surface area contributed by atoms with Crippen LogP contribution < -0.4 is 5.73 Å². The molecule has 0 aliphatic carbocycles. The van der Waals surface area contributed by atoms with E-state index < -0.39 is 0 Å².